The minimum Gasteiger partial charge on any atom is -0.490 e. The number of fused-ring (bicyclic) bond motifs is 1. The number of carbonyl (C=O) groups is 1. The number of piperidine rings is 1. The Morgan fingerprint density at radius 2 is 1.91 bits per heavy atom. The first-order chi connectivity index (χ1) is 20.8. The highest BCUT2D eigenvalue weighted by atomic mass is 35.5. The Bertz CT molecular complexity index is 1700. The number of imidazole rings is 1. The maximum Gasteiger partial charge on any atom is 0.309 e. The second kappa shape index (κ2) is 12.3. The molecule has 0 amide bonds. The highest BCUT2D eigenvalue weighted by Crippen LogP contribution is 2.34. The lowest BCUT2D eigenvalue weighted by Crippen LogP contribution is -2.44. The molecule has 3 heterocycles. The smallest absolute Gasteiger partial charge is 0.309 e. The van der Waals surface area contributed by atoms with Gasteiger partial charge in [0.1, 0.15) is 17.6 Å². The molecule has 1 atom stereocenters. The van der Waals surface area contributed by atoms with Gasteiger partial charge < -0.3 is 24.8 Å². The van der Waals surface area contributed by atoms with Crippen LogP contribution < -0.4 is 25.7 Å². The van der Waals surface area contributed by atoms with Gasteiger partial charge in [0.2, 0.25) is 5.95 Å². The first kappa shape index (κ1) is 29.0. The number of aromatic nitrogens is 4. The minimum absolute atomic E-state index is 0.0162. The van der Waals surface area contributed by atoms with E-state index in [4.69, 9.17) is 36.5 Å². The van der Waals surface area contributed by atoms with Crippen LogP contribution in [0.4, 0.5) is 5.95 Å². The molecule has 0 spiro atoms. The maximum atomic E-state index is 13.8. The van der Waals surface area contributed by atoms with Gasteiger partial charge in [-0.2, -0.15) is 9.97 Å². The Labute approximate surface area is 254 Å². The van der Waals surface area contributed by atoms with Crippen LogP contribution in [-0.4, -0.2) is 56.9 Å². The maximum absolute atomic E-state index is 13.8. The topological polar surface area (TPSA) is 127 Å². The summed E-state index contributed by atoms with van der Waals surface area (Å²) < 4.78 is 20.5. The third kappa shape index (κ3) is 6.05. The van der Waals surface area contributed by atoms with E-state index in [2.05, 4.69) is 9.88 Å². The molecule has 11 nitrogen and oxygen atoms in total. The second-order valence-corrected chi connectivity index (χ2v) is 11.5. The average molecular weight is 607 g/mol. The lowest BCUT2D eigenvalue weighted by Gasteiger charge is -2.33. The number of nitrogens with two attached hydrogens (primary N) is 1. The van der Waals surface area contributed by atoms with Gasteiger partial charge in [-0.1, -0.05) is 35.9 Å². The molecule has 0 radical (unpaired) electrons. The average Bonchev–Trinajstić information content (AvgIpc) is 3.33. The molecule has 1 aliphatic heterocycles. The lowest BCUT2D eigenvalue weighted by molar-refractivity contribution is -0.154. The fourth-order valence-electron chi connectivity index (χ4n) is 5.62. The Hall–Kier alpha value is -4.09. The van der Waals surface area contributed by atoms with Crippen molar-refractivity contribution in [3.8, 4) is 17.5 Å². The largest absolute Gasteiger partial charge is 0.490 e. The van der Waals surface area contributed by atoms with E-state index in [0.717, 1.165) is 24.9 Å². The number of benzene rings is 2. The number of hydrogen-bond acceptors (Lipinski definition) is 9. The summed E-state index contributed by atoms with van der Waals surface area (Å²) in [5, 5.41) is 0.607. The summed E-state index contributed by atoms with van der Waals surface area (Å²) in [6, 6.07) is 14.8. The number of halogens is 1. The van der Waals surface area contributed by atoms with Crippen LogP contribution in [0.3, 0.4) is 0 Å². The van der Waals surface area contributed by atoms with Gasteiger partial charge in [0.15, 0.2) is 11.2 Å². The molecule has 2 aromatic carbocycles. The third-order valence-electron chi connectivity index (χ3n) is 7.98. The van der Waals surface area contributed by atoms with E-state index in [-0.39, 0.29) is 41.2 Å². The van der Waals surface area contributed by atoms with Crippen molar-refractivity contribution in [3.63, 3.8) is 0 Å². The summed E-state index contributed by atoms with van der Waals surface area (Å²) >= 11 is 6.51. The number of ether oxygens (including phenoxy) is 3. The van der Waals surface area contributed by atoms with Crippen molar-refractivity contribution in [3.05, 3.63) is 69.5 Å². The van der Waals surface area contributed by atoms with Gasteiger partial charge in [-0.3, -0.25) is 18.7 Å². The monoisotopic (exact) mass is 606 g/mol. The fourth-order valence-corrected chi connectivity index (χ4v) is 5.82. The molecule has 2 N–H and O–H groups in total. The summed E-state index contributed by atoms with van der Waals surface area (Å²) in [6.45, 7) is 3.93. The van der Waals surface area contributed by atoms with Crippen LogP contribution in [0.5, 0.6) is 17.5 Å². The van der Waals surface area contributed by atoms with Gasteiger partial charge in [-0.05, 0) is 56.4 Å². The number of hydrogen-bond donors (Lipinski definition) is 1. The molecule has 43 heavy (non-hydrogen) atoms. The van der Waals surface area contributed by atoms with E-state index >= 15 is 0 Å². The van der Waals surface area contributed by atoms with E-state index in [1.54, 1.807) is 32.2 Å². The highest BCUT2D eigenvalue weighted by Gasteiger charge is 2.37. The van der Waals surface area contributed by atoms with Crippen molar-refractivity contribution in [2.75, 3.05) is 24.6 Å². The molecule has 12 heteroatoms. The molecule has 1 aliphatic carbocycles. The number of rotatable bonds is 9. The van der Waals surface area contributed by atoms with Crippen molar-refractivity contribution < 1.29 is 19.0 Å². The van der Waals surface area contributed by atoms with Crippen molar-refractivity contribution in [1.29, 1.82) is 0 Å². The first-order valence-electron chi connectivity index (χ1n) is 14.6. The van der Waals surface area contributed by atoms with E-state index in [1.807, 2.05) is 34.9 Å². The summed E-state index contributed by atoms with van der Waals surface area (Å²) in [7, 11) is 1.62. The Morgan fingerprint density at radius 1 is 1.12 bits per heavy atom. The summed E-state index contributed by atoms with van der Waals surface area (Å²) in [5.74, 6) is 1.38. The van der Waals surface area contributed by atoms with Crippen LogP contribution in [0.15, 0.2) is 53.3 Å². The highest BCUT2D eigenvalue weighted by molar-refractivity contribution is 6.31. The molecular weight excluding hydrogens is 572 g/mol. The van der Waals surface area contributed by atoms with Crippen LogP contribution >= 0.6 is 11.6 Å². The molecule has 0 unspecified atom stereocenters. The number of anilines is 1. The first-order valence-corrected chi connectivity index (χ1v) is 15.0. The molecule has 226 valence electrons. The van der Waals surface area contributed by atoms with Gasteiger partial charge in [0.25, 0.3) is 5.56 Å². The SMILES string of the molecule is CCOC(=O)C1CC(Oc2cccc(Oc3nc4nc(N5CCC[C@@H](N)C5)n(Cc5ccccc5Cl)c4c(=O)n3C)c2)C1. The predicted molar refractivity (Wildman–Crippen MR) is 163 cm³/mol. The summed E-state index contributed by atoms with van der Waals surface area (Å²) in [5.41, 5.74) is 7.52. The quantitative estimate of drug-likeness (QED) is 0.278. The van der Waals surface area contributed by atoms with Gasteiger partial charge >= 0.3 is 12.0 Å². The molecular formula is C31H35ClN6O5. The van der Waals surface area contributed by atoms with E-state index in [0.29, 0.717) is 60.5 Å². The molecule has 1 saturated carbocycles. The van der Waals surface area contributed by atoms with E-state index in [9.17, 15) is 9.59 Å². The molecule has 4 aromatic rings. The van der Waals surface area contributed by atoms with Gasteiger partial charge in [0, 0.05) is 37.3 Å². The standard InChI is InChI=1S/C31H35ClN6O5/c1-3-41-29(40)20-14-24(15-20)42-22-10-6-11-23(16-22)43-31-35-27-26(28(39)36(31)2)38(17-19-8-4-5-12-25(19)32)30(34-27)37-13-7-9-21(33)18-37/h4-6,8,10-12,16,20-21,24H,3,7,9,13-15,17-18,33H2,1-2H3/t20?,21-,24?/m1/s1. The number of esters is 1. The van der Waals surface area contributed by atoms with Crippen LogP contribution in [-0.2, 0) is 23.1 Å². The zero-order chi connectivity index (χ0) is 30.1. The Kier molecular flexibility index (Phi) is 8.27. The molecule has 2 aromatic heterocycles. The third-order valence-corrected chi connectivity index (χ3v) is 8.35. The molecule has 2 aliphatic rings. The summed E-state index contributed by atoms with van der Waals surface area (Å²) in [6.07, 6.45) is 3.01. The zero-order valence-corrected chi connectivity index (χ0v) is 25.0. The molecule has 0 bridgehead atoms. The van der Waals surface area contributed by atoms with Crippen molar-refractivity contribution >= 4 is 34.7 Å². The van der Waals surface area contributed by atoms with E-state index in [1.165, 1.54) is 4.57 Å². The molecule has 2 fully saturated rings. The zero-order valence-electron chi connectivity index (χ0n) is 24.2. The van der Waals surface area contributed by atoms with Crippen LogP contribution in [0.2, 0.25) is 5.02 Å². The van der Waals surface area contributed by atoms with E-state index < -0.39 is 0 Å². The minimum atomic E-state index is -0.293. The fraction of sp³-hybridized carbons (Fsp3) is 0.419. The van der Waals surface area contributed by atoms with Gasteiger partial charge in [-0.15, -0.1) is 0 Å². The Balaban J connectivity index is 1.29. The second-order valence-electron chi connectivity index (χ2n) is 11.1. The van der Waals surface area contributed by atoms with Gasteiger partial charge in [-0.25, -0.2) is 0 Å². The Morgan fingerprint density at radius 3 is 2.67 bits per heavy atom. The normalized spacial score (nSPS) is 20.1. The van der Waals surface area contributed by atoms with Gasteiger partial charge in [0.05, 0.1) is 19.1 Å². The molecule has 1 saturated heterocycles. The predicted octanol–water partition coefficient (Wildman–Crippen LogP) is 4.27. The van der Waals surface area contributed by atoms with Crippen LogP contribution in [0, 0.1) is 5.92 Å². The van der Waals surface area contributed by atoms with Crippen molar-refractivity contribution in [2.45, 2.75) is 51.3 Å². The van der Waals surface area contributed by atoms with Crippen LogP contribution in [0.1, 0.15) is 38.2 Å². The molecule has 6 rings (SSSR count). The lowest BCUT2D eigenvalue weighted by atomic mass is 9.82. The van der Waals surface area contributed by atoms with Crippen molar-refractivity contribution in [2.24, 2.45) is 18.7 Å². The summed E-state index contributed by atoms with van der Waals surface area (Å²) in [4.78, 5) is 37.4. The van der Waals surface area contributed by atoms with Crippen LogP contribution in [0.25, 0.3) is 11.2 Å². The van der Waals surface area contributed by atoms with Crippen molar-refractivity contribution in [1.82, 2.24) is 19.1 Å². The number of carbonyl (C=O) groups excluding carboxylic acids is 1. The number of nitrogens with zero attached hydrogens (tertiary/aromatic N) is 5.